The minimum Gasteiger partial charge on any atom is -0.467 e. The van der Waals surface area contributed by atoms with Crippen LogP contribution in [0.2, 0.25) is 0 Å². The van der Waals surface area contributed by atoms with Crippen molar-refractivity contribution < 1.29 is 48.6 Å². The second-order valence-electron chi connectivity index (χ2n) is 4.51. The maximum Gasteiger partial charge on any atom is 0.329 e. The van der Waals surface area contributed by atoms with Crippen molar-refractivity contribution >= 4 is 31.8 Å². The lowest BCUT2D eigenvalue weighted by atomic mass is 10.0. The maximum atomic E-state index is 11.7. The second-order valence-corrected chi connectivity index (χ2v) is 7.57. The van der Waals surface area contributed by atoms with Crippen molar-refractivity contribution in [2.45, 2.75) is 30.5 Å². The third-order valence-corrected chi connectivity index (χ3v) is 3.87. The Bertz CT molecular complexity index is 510. The minimum atomic E-state index is -3.85. The molecule has 0 aliphatic rings. The van der Waals surface area contributed by atoms with Crippen molar-refractivity contribution in [3.8, 4) is 0 Å². The van der Waals surface area contributed by atoms with Gasteiger partial charge in [0.1, 0.15) is 33.1 Å². The summed E-state index contributed by atoms with van der Waals surface area (Å²) in [5.74, 6) is -3.40. The summed E-state index contributed by atoms with van der Waals surface area (Å²) in [5, 5.41) is 48.1. The van der Waals surface area contributed by atoms with Gasteiger partial charge in [0.2, 0.25) is 0 Å². The number of carbonyl (C=O) groups is 2. The largest absolute Gasteiger partial charge is 0.467 e. The third kappa shape index (κ3) is 7.45. The smallest absolute Gasteiger partial charge is 0.329 e. The highest BCUT2D eigenvalue weighted by Crippen LogP contribution is 2.06. The Balaban J connectivity index is 5.01. The molecule has 0 spiro atoms. The van der Waals surface area contributed by atoms with E-state index in [1.807, 2.05) is 5.32 Å². The van der Waals surface area contributed by atoms with Crippen LogP contribution in [0, 0.1) is 0 Å². The highest BCUT2D eigenvalue weighted by molar-refractivity contribution is 8.29. The SMILES string of the molecule is COC(=O)C(CS(=O)(O)=S)NC(=O)[C@H](O)[C@@H](O)[C@H](O)[C@H](O)CO. The molecule has 6 atom stereocenters. The average Bonchev–Trinajstić information content (AvgIpc) is 2.48. The zero-order chi connectivity index (χ0) is 18.4. The highest BCUT2D eigenvalue weighted by atomic mass is 32.8. The number of amides is 1. The maximum absolute atomic E-state index is 11.7. The molecule has 0 aliphatic carbocycles. The predicted molar refractivity (Wildman–Crippen MR) is 78.1 cm³/mol. The number of aliphatic hydroxyl groups excluding tert-OH is 5. The topological polar surface area (TPSA) is 194 Å². The quantitative estimate of drug-likeness (QED) is 0.191. The number of nitrogens with one attached hydrogen (secondary N) is 1. The fraction of sp³-hybridized carbons (Fsp3) is 0.800. The average molecular weight is 377 g/mol. The lowest BCUT2D eigenvalue weighted by Crippen LogP contribution is -2.55. The molecule has 7 N–H and O–H groups in total. The molecule has 2 unspecified atom stereocenters. The Kier molecular flexibility index (Phi) is 9.01. The molecular weight excluding hydrogens is 358 g/mol. The van der Waals surface area contributed by atoms with Crippen LogP contribution in [0.5, 0.6) is 0 Å². The molecule has 13 heteroatoms. The first-order valence-corrected chi connectivity index (χ1v) is 8.72. The van der Waals surface area contributed by atoms with Gasteiger partial charge in [-0.1, -0.05) is 0 Å². The predicted octanol–water partition coefficient (Wildman–Crippen LogP) is -4.70. The van der Waals surface area contributed by atoms with Crippen molar-refractivity contribution in [1.29, 1.82) is 0 Å². The molecule has 136 valence electrons. The van der Waals surface area contributed by atoms with Crippen LogP contribution >= 0.6 is 0 Å². The van der Waals surface area contributed by atoms with Gasteiger partial charge in [-0.25, -0.2) is 9.00 Å². The first-order chi connectivity index (χ1) is 10.4. The van der Waals surface area contributed by atoms with Crippen LogP contribution in [0.4, 0.5) is 0 Å². The van der Waals surface area contributed by atoms with Crippen LogP contribution in [-0.2, 0) is 34.3 Å². The van der Waals surface area contributed by atoms with Gasteiger partial charge in [0.15, 0.2) is 6.10 Å². The molecule has 0 bridgehead atoms. The Morgan fingerprint density at radius 2 is 1.74 bits per heavy atom. The Morgan fingerprint density at radius 1 is 1.22 bits per heavy atom. The van der Waals surface area contributed by atoms with E-state index in [1.54, 1.807) is 0 Å². The van der Waals surface area contributed by atoms with Gasteiger partial charge in [-0.3, -0.25) is 4.79 Å². The molecule has 0 saturated carbocycles. The van der Waals surface area contributed by atoms with Crippen LogP contribution in [0.1, 0.15) is 0 Å². The summed E-state index contributed by atoms with van der Waals surface area (Å²) in [4.78, 5) is 23.1. The van der Waals surface area contributed by atoms with E-state index in [0.717, 1.165) is 7.11 Å². The molecule has 0 aromatic rings. The Morgan fingerprint density at radius 3 is 2.13 bits per heavy atom. The number of hydrogen-bond donors (Lipinski definition) is 7. The van der Waals surface area contributed by atoms with Gasteiger partial charge in [-0.2, -0.15) is 0 Å². The first-order valence-electron chi connectivity index (χ1n) is 6.11. The number of methoxy groups -OCH3 is 1. The zero-order valence-electron chi connectivity index (χ0n) is 11.9. The lowest BCUT2D eigenvalue weighted by molar-refractivity contribution is -0.153. The van der Waals surface area contributed by atoms with E-state index in [9.17, 15) is 29.1 Å². The van der Waals surface area contributed by atoms with E-state index in [4.69, 9.17) is 14.8 Å². The van der Waals surface area contributed by atoms with Gasteiger partial charge in [-0.05, 0) is 0 Å². The van der Waals surface area contributed by atoms with E-state index in [2.05, 4.69) is 15.9 Å². The number of carbonyl (C=O) groups excluding carboxylic acids is 2. The highest BCUT2D eigenvalue weighted by Gasteiger charge is 2.36. The van der Waals surface area contributed by atoms with Crippen LogP contribution in [-0.4, -0.2) is 96.1 Å². The zero-order valence-corrected chi connectivity index (χ0v) is 13.6. The summed E-state index contributed by atoms with van der Waals surface area (Å²) in [5.41, 5.74) is 0. The number of aliphatic hydroxyl groups is 5. The van der Waals surface area contributed by atoms with E-state index in [0.29, 0.717) is 0 Å². The van der Waals surface area contributed by atoms with Gasteiger partial charge in [0.05, 0.1) is 19.5 Å². The van der Waals surface area contributed by atoms with Gasteiger partial charge >= 0.3 is 5.97 Å². The van der Waals surface area contributed by atoms with Crippen molar-refractivity contribution in [1.82, 2.24) is 5.32 Å². The van der Waals surface area contributed by atoms with Crippen molar-refractivity contribution in [3.05, 3.63) is 0 Å². The van der Waals surface area contributed by atoms with E-state index >= 15 is 0 Å². The summed E-state index contributed by atoms with van der Waals surface area (Å²) in [6, 6.07) is -1.68. The molecule has 23 heavy (non-hydrogen) atoms. The second kappa shape index (κ2) is 9.39. The molecule has 0 aromatic carbocycles. The summed E-state index contributed by atoms with van der Waals surface area (Å²) in [6.45, 7) is -0.945. The molecule has 0 fully saturated rings. The normalized spacial score (nSPS) is 20.5. The monoisotopic (exact) mass is 377 g/mol. The van der Waals surface area contributed by atoms with E-state index < -0.39 is 63.5 Å². The molecule has 11 nitrogen and oxygen atoms in total. The fourth-order valence-corrected chi connectivity index (χ4v) is 2.50. The first kappa shape index (κ1) is 22.1. The summed E-state index contributed by atoms with van der Waals surface area (Å²) in [6.07, 6.45) is -8.39. The van der Waals surface area contributed by atoms with Crippen LogP contribution < -0.4 is 5.32 Å². The number of esters is 1. The van der Waals surface area contributed by atoms with Crippen LogP contribution in [0.3, 0.4) is 0 Å². The number of rotatable bonds is 9. The van der Waals surface area contributed by atoms with Crippen molar-refractivity contribution in [2.75, 3.05) is 19.5 Å². The van der Waals surface area contributed by atoms with Crippen molar-refractivity contribution in [2.24, 2.45) is 0 Å². The fourth-order valence-electron chi connectivity index (χ4n) is 1.46. The standard InChI is InChI=1S/C10H19NO10S2/c1-21-10(18)4(3-23(19,20)22)11-9(17)8(16)7(15)6(14)5(13)2-12/h4-8,12-16H,2-3H2,1H3,(H,11,17)(H,19,20,22)/t4?,5-,6-,7+,8-/m1/s1. The number of ether oxygens (including phenoxy) is 1. The summed E-state index contributed by atoms with van der Waals surface area (Å²) >= 11 is 4.20. The van der Waals surface area contributed by atoms with E-state index in [1.165, 1.54) is 0 Å². The summed E-state index contributed by atoms with van der Waals surface area (Å²) < 4.78 is 24.5. The van der Waals surface area contributed by atoms with Gasteiger partial charge in [0.25, 0.3) is 5.91 Å². The summed E-state index contributed by atoms with van der Waals surface area (Å²) in [7, 11) is -2.91. The molecule has 1 amide bonds. The molecule has 0 saturated heterocycles. The van der Waals surface area contributed by atoms with Gasteiger partial charge in [0, 0.05) is 11.2 Å². The van der Waals surface area contributed by atoms with Gasteiger partial charge in [-0.15, -0.1) is 0 Å². The van der Waals surface area contributed by atoms with Crippen LogP contribution in [0.15, 0.2) is 0 Å². The molecule has 0 aliphatic heterocycles. The molecule has 0 radical (unpaired) electrons. The van der Waals surface area contributed by atoms with E-state index in [-0.39, 0.29) is 0 Å². The van der Waals surface area contributed by atoms with Gasteiger partial charge < -0.3 is 40.1 Å². The van der Waals surface area contributed by atoms with Crippen LogP contribution in [0.25, 0.3) is 0 Å². The van der Waals surface area contributed by atoms with Crippen molar-refractivity contribution in [3.63, 3.8) is 0 Å². The Labute approximate surface area is 136 Å². The number of hydrogen-bond acceptors (Lipinski definition) is 10. The molecule has 0 aromatic heterocycles. The lowest BCUT2D eigenvalue weighted by Gasteiger charge is -2.26. The Hall–Kier alpha value is -0.930. The molecular formula is C10H19NO10S2. The minimum absolute atomic E-state index is 0.884. The third-order valence-electron chi connectivity index (χ3n) is 2.70. The molecule has 0 heterocycles. The molecule has 0 rings (SSSR count).